The molecule has 1 aromatic rings. The number of rotatable bonds is 1. The van der Waals surface area contributed by atoms with Gasteiger partial charge in [-0.05, 0) is 61.1 Å². The molecule has 0 radical (unpaired) electrons. The van der Waals surface area contributed by atoms with Gasteiger partial charge in [0, 0.05) is 0 Å². The fourth-order valence-corrected chi connectivity index (χ4v) is 4.23. The van der Waals surface area contributed by atoms with Gasteiger partial charge in [0.1, 0.15) is 12.0 Å². The lowest BCUT2D eigenvalue weighted by Crippen LogP contribution is -2.45. The molecule has 2 fully saturated rings. The molecule has 0 bridgehead atoms. The number of halogens is 2. The SMILES string of the molecule is Cc1cc([C@H]2C[C@@H](F)[C@@H](O)C3(CCCC3)C2)ccc1F. The summed E-state index contributed by atoms with van der Waals surface area (Å²) in [6.45, 7) is 1.74. The van der Waals surface area contributed by atoms with Gasteiger partial charge in [-0.15, -0.1) is 0 Å². The van der Waals surface area contributed by atoms with Gasteiger partial charge in [-0.2, -0.15) is 0 Å². The van der Waals surface area contributed by atoms with Crippen LogP contribution in [-0.2, 0) is 0 Å². The van der Waals surface area contributed by atoms with Crippen molar-refractivity contribution >= 4 is 0 Å². The van der Waals surface area contributed by atoms with Crippen LogP contribution < -0.4 is 0 Å². The van der Waals surface area contributed by atoms with Gasteiger partial charge in [0.25, 0.3) is 0 Å². The minimum Gasteiger partial charge on any atom is -0.390 e. The molecule has 3 atom stereocenters. The molecule has 20 heavy (non-hydrogen) atoms. The van der Waals surface area contributed by atoms with Crippen molar-refractivity contribution in [3.63, 3.8) is 0 Å². The van der Waals surface area contributed by atoms with Crippen LogP contribution in [0.5, 0.6) is 0 Å². The fourth-order valence-electron chi connectivity index (χ4n) is 4.23. The van der Waals surface area contributed by atoms with Crippen LogP contribution in [0.15, 0.2) is 18.2 Å². The van der Waals surface area contributed by atoms with Gasteiger partial charge in [0.05, 0.1) is 6.10 Å². The average Bonchev–Trinajstić information content (AvgIpc) is 2.88. The Morgan fingerprint density at radius 1 is 1.25 bits per heavy atom. The highest BCUT2D eigenvalue weighted by molar-refractivity contribution is 5.28. The second kappa shape index (κ2) is 5.10. The summed E-state index contributed by atoms with van der Waals surface area (Å²) in [4.78, 5) is 0. The predicted molar refractivity (Wildman–Crippen MR) is 74.9 cm³/mol. The van der Waals surface area contributed by atoms with E-state index < -0.39 is 12.3 Å². The van der Waals surface area contributed by atoms with Gasteiger partial charge in [-0.25, -0.2) is 8.78 Å². The standard InChI is InChI=1S/C17H22F2O/c1-11-8-12(4-5-14(11)18)13-9-15(19)16(20)17(10-13)6-2-3-7-17/h4-5,8,13,15-16,20H,2-3,6-7,9-10H2,1H3/t13-,15+,16+/m0/s1. The molecule has 3 rings (SSSR count). The summed E-state index contributed by atoms with van der Waals surface area (Å²) in [5.41, 5.74) is 1.39. The highest BCUT2D eigenvalue weighted by Crippen LogP contribution is 2.53. The molecule has 0 unspecified atom stereocenters. The van der Waals surface area contributed by atoms with Crippen molar-refractivity contribution < 1.29 is 13.9 Å². The summed E-state index contributed by atoms with van der Waals surface area (Å²) in [7, 11) is 0. The number of aliphatic hydroxyl groups is 1. The maximum atomic E-state index is 14.3. The van der Waals surface area contributed by atoms with Gasteiger partial charge >= 0.3 is 0 Å². The van der Waals surface area contributed by atoms with E-state index in [0.29, 0.717) is 12.0 Å². The van der Waals surface area contributed by atoms with Crippen molar-refractivity contribution in [2.45, 2.75) is 63.6 Å². The monoisotopic (exact) mass is 280 g/mol. The Hall–Kier alpha value is -0.960. The molecule has 1 nitrogen and oxygen atoms in total. The number of alkyl halides is 1. The first-order valence-corrected chi connectivity index (χ1v) is 7.60. The van der Waals surface area contributed by atoms with Crippen LogP contribution in [0.4, 0.5) is 8.78 Å². The zero-order chi connectivity index (χ0) is 14.3. The molecule has 1 spiro atoms. The van der Waals surface area contributed by atoms with Crippen molar-refractivity contribution in [2.24, 2.45) is 5.41 Å². The largest absolute Gasteiger partial charge is 0.390 e. The maximum absolute atomic E-state index is 14.3. The minimum absolute atomic E-state index is 0.103. The van der Waals surface area contributed by atoms with Crippen LogP contribution >= 0.6 is 0 Å². The Morgan fingerprint density at radius 3 is 2.60 bits per heavy atom. The van der Waals surface area contributed by atoms with Gasteiger partial charge < -0.3 is 5.11 Å². The summed E-state index contributed by atoms with van der Waals surface area (Å²) in [5.74, 6) is -0.109. The van der Waals surface area contributed by atoms with E-state index in [4.69, 9.17) is 0 Å². The van der Waals surface area contributed by atoms with E-state index in [9.17, 15) is 13.9 Å². The summed E-state index contributed by atoms with van der Waals surface area (Å²) in [6.07, 6.45) is 3.22. The number of hydrogen-bond acceptors (Lipinski definition) is 1. The van der Waals surface area contributed by atoms with Crippen LogP contribution in [-0.4, -0.2) is 17.4 Å². The first-order valence-electron chi connectivity index (χ1n) is 7.60. The molecule has 0 aromatic heterocycles. The summed E-state index contributed by atoms with van der Waals surface area (Å²) < 4.78 is 27.7. The van der Waals surface area contributed by atoms with Crippen LogP contribution in [0.25, 0.3) is 0 Å². The van der Waals surface area contributed by atoms with E-state index >= 15 is 0 Å². The zero-order valence-electron chi connectivity index (χ0n) is 11.9. The van der Waals surface area contributed by atoms with Crippen LogP contribution in [0.1, 0.15) is 55.6 Å². The van der Waals surface area contributed by atoms with E-state index in [1.807, 2.05) is 6.07 Å². The minimum atomic E-state index is -1.16. The van der Waals surface area contributed by atoms with Crippen molar-refractivity contribution in [1.82, 2.24) is 0 Å². The number of aryl methyl sites for hydroxylation is 1. The second-order valence-corrected chi connectivity index (χ2v) is 6.68. The normalized spacial score (nSPS) is 32.7. The summed E-state index contributed by atoms with van der Waals surface area (Å²) in [5, 5.41) is 10.3. The van der Waals surface area contributed by atoms with Gasteiger partial charge in [-0.1, -0.05) is 25.0 Å². The quantitative estimate of drug-likeness (QED) is 0.814. The van der Waals surface area contributed by atoms with E-state index in [0.717, 1.165) is 37.7 Å². The summed E-state index contributed by atoms with van der Waals surface area (Å²) in [6, 6.07) is 5.09. The highest BCUT2D eigenvalue weighted by Gasteiger charge is 2.49. The van der Waals surface area contributed by atoms with Crippen molar-refractivity contribution in [2.75, 3.05) is 0 Å². The lowest BCUT2D eigenvalue weighted by Gasteiger charge is -2.44. The van der Waals surface area contributed by atoms with Crippen molar-refractivity contribution in [3.05, 3.63) is 35.1 Å². The van der Waals surface area contributed by atoms with Gasteiger partial charge in [0.15, 0.2) is 0 Å². The molecule has 0 amide bonds. The third-order valence-electron chi connectivity index (χ3n) is 5.39. The van der Waals surface area contributed by atoms with Crippen LogP contribution in [0.3, 0.4) is 0 Å². The number of hydrogen-bond donors (Lipinski definition) is 1. The maximum Gasteiger partial charge on any atom is 0.127 e. The highest BCUT2D eigenvalue weighted by atomic mass is 19.1. The van der Waals surface area contributed by atoms with Crippen molar-refractivity contribution in [3.8, 4) is 0 Å². The first kappa shape index (κ1) is 14.0. The lowest BCUT2D eigenvalue weighted by molar-refractivity contribution is -0.0684. The molecule has 2 saturated carbocycles. The van der Waals surface area contributed by atoms with E-state index in [1.165, 1.54) is 6.07 Å². The molecular weight excluding hydrogens is 258 g/mol. The second-order valence-electron chi connectivity index (χ2n) is 6.68. The number of benzene rings is 1. The molecule has 3 heteroatoms. The first-order chi connectivity index (χ1) is 9.52. The Balaban J connectivity index is 1.88. The topological polar surface area (TPSA) is 20.2 Å². The molecule has 1 N–H and O–H groups in total. The van der Waals surface area contributed by atoms with Gasteiger partial charge in [0.2, 0.25) is 0 Å². The smallest absolute Gasteiger partial charge is 0.127 e. The summed E-state index contributed by atoms with van der Waals surface area (Å²) >= 11 is 0. The molecule has 0 aliphatic heterocycles. The van der Waals surface area contributed by atoms with E-state index in [-0.39, 0.29) is 17.2 Å². The Kier molecular flexibility index (Phi) is 3.57. The Labute approximate surface area is 119 Å². The molecule has 0 heterocycles. The fraction of sp³-hybridized carbons (Fsp3) is 0.647. The Morgan fingerprint density at radius 2 is 1.95 bits per heavy atom. The molecule has 2 aliphatic carbocycles. The average molecular weight is 280 g/mol. The lowest BCUT2D eigenvalue weighted by atomic mass is 9.64. The van der Waals surface area contributed by atoms with Crippen molar-refractivity contribution in [1.29, 1.82) is 0 Å². The van der Waals surface area contributed by atoms with Gasteiger partial charge in [-0.3, -0.25) is 0 Å². The van der Waals surface area contributed by atoms with Crippen LogP contribution in [0, 0.1) is 18.2 Å². The zero-order valence-corrected chi connectivity index (χ0v) is 11.9. The van der Waals surface area contributed by atoms with E-state index in [1.54, 1.807) is 13.0 Å². The molecule has 0 saturated heterocycles. The molecular formula is C17H22F2O. The van der Waals surface area contributed by atoms with E-state index in [2.05, 4.69) is 0 Å². The number of aliphatic hydroxyl groups excluding tert-OH is 1. The predicted octanol–water partition coefficient (Wildman–Crippen LogP) is 4.27. The third-order valence-corrected chi connectivity index (χ3v) is 5.39. The third kappa shape index (κ3) is 2.26. The molecule has 1 aromatic carbocycles. The van der Waals surface area contributed by atoms with Crippen LogP contribution in [0.2, 0.25) is 0 Å². The Bertz CT molecular complexity index is 494. The molecule has 2 aliphatic rings. The molecule has 110 valence electrons.